The van der Waals surface area contributed by atoms with Gasteiger partial charge in [0.05, 0.1) is 11.4 Å². The zero-order valence-corrected chi connectivity index (χ0v) is 21.9. The van der Waals surface area contributed by atoms with Gasteiger partial charge in [0.15, 0.2) is 6.61 Å². The second-order valence-corrected chi connectivity index (χ2v) is 9.79. The number of imide groups is 1. The number of anilines is 1. The number of carbonyl (C=O) groups excluding carboxylic acids is 3. The molecule has 0 radical (unpaired) electrons. The van der Waals surface area contributed by atoms with Crippen molar-refractivity contribution in [3.8, 4) is 11.5 Å². The van der Waals surface area contributed by atoms with Gasteiger partial charge in [-0.25, -0.2) is 0 Å². The van der Waals surface area contributed by atoms with Crippen LogP contribution in [0.1, 0.15) is 16.7 Å². The second kappa shape index (κ2) is 12.0. The van der Waals surface area contributed by atoms with E-state index in [0.717, 1.165) is 33.5 Å². The smallest absolute Gasteiger partial charge is 0.293 e. The topological polar surface area (TPSA) is 84.9 Å². The standard InChI is InChI=1S/C28H25ClN2O5S/c1-18-6-11-24(19(2)14-18)30-26(32)17-36-23-5-3-4-20(15-23)16-25-27(33)31(28(34)37-25)12-13-35-22-9-7-21(29)8-10-22/h3-11,14-16H,12-13,17H2,1-2H3,(H,30,32)/b25-16-. The van der Waals surface area contributed by atoms with E-state index in [-0.39, 0.29) is 36.8 Å². The predicted molar refractivity (Wildman–Crippen MR) is 146 cm³/mol. The summed E-state index contributed by atoms with van der Waals surface area (Å²) in [4.78, 5) is 39.0. The maximum atomic E-state index is 12.8. The molecule has 0 unspecified atom stereocenters. The maximum absolute atomic E-state index is 12.8. The van der Waals surface area contributed by atoms with E-state index in [4.69, 9.17) is 21.1 Å². The lowest BCUT2D eigenvalue weighted by atomic mass is 10.1. The van der Waals surface area contributed by atoms with Gasteiger partial charge in [-0.3, -0.25) is 19.3 Å². The van der Waals surface area contributed by atoms with Crippen LogP contribution in [0.4, 0.5) is 10.5 Å². The van der Waals surface area contributed by atoms with Crippen molar-refractivity contribution in [2.75, 3.05) is 25.1 Å². The van der Waals surface area contributed by atoms with Gasteiger partial charge in [0.25, 0.3) is 17.1 Å². The Labute approximate surface area is 224 Å². The van der Waals surface area contributed by atoms with Gasteiger partial charge in [-0.2, -0.15) is 0 Å². The van der Waals surface area contributed by atoms with E-state index in [1.165, 1.54) is 0 Å². The molecule has 1 fully saturated rings. The van der Waals surface area contributed by atoms with Crippen LogP contribution in [-0.2, 0) is 9.59 Å². The van der Waals surface area contributed by atoms with Gasteiger partial charge in [-0.05, 0) is 85.3 Å². The van der Waals surface area contributed by atoms with Gasteiger partial charge in [-0.1, -0.05) is 41.4 Å². The summed E-state index contributed by atoms with van der Waals surface area (Å²) in [5.74, 6) is 0.416. The Kier molecular flexibility index (Phi) is 8.53. The zero-order chi connectivity index (χ0) is 26.4. The highest BCUT2D eigenvalue weighted by Crippen LogP contribution is 2.32. The number of aryl methyl sites for hydroxylation is 2. The van der Waals surface area contributed by atoms with Crippen molar-refractivity contribution in [1.29, 1.82) is 0 Å². The van der Waals surface area contributed by atoms with Crippen LogP contribution >= 0.6 is 23.4 Å². The number of nitrogens with zero attached hydrogens (tertiary/aromatic N) is 1. The average Bonchev–Trinajstić information content (AvgIpc) is 3.13. The highest BCUT2D eigenvalue weighted by Gasteiger charge is 2.34. The third-order valence-corrected chi connectivity index (χ3v) is 6.61. The van der Waals surface area contributed by atoms with Gasteiger partial charge >= 0.3 is 0 Å². The quantitative estimate of drug-likeness (QED) is 0.333. The molecule has 0 spiro atoms. The molecule has 3 aromatic rings. The Hall–Kier alpha value is -3.75. The fraction of sp³-hybridized carbons (Fsp3) is 0.179. The first-order valence-electron chi connectivity index (χ1n) is 11.5. The molecule has 0 saturated carbocycles. The first kappa shape index (κ1) is 26.3. The van der Waals surface area contributed by atoms with Crippen LogP contribution in [0.2, 0.25) is 5.02 Å². The van der Waals surface area contributed by atoms with E-state index in [9.17, 15) is 14.4 Å². The molecule has 1 aliphatic heterocycles. The number of thioether (sulfide) groups is 1. The molecular weight excluding hydrogens is 512 g/mol. The minimum Gasteiger partial charge on any atom is -0.492 e. The van der Waals surface area contributed by atoms with Crippen molar-refractivity contribution in [2.24, 2.45) is 0 Å². The van der Waals surface area contributed by atoms with E-state index >= 15 is 0 Å². The number of ether oxygens (including phenoxy) is 2. The van der Waals surface area contributed by atoms with Crippen LogP contribution in [0, 0.1) is 13.8 Å². The molecule has 1 heterocycles. The lowest BCUT2D eigenvalue weighted by Crippen LogP contribution is -2.32. The number of hydrogen-bond donors (Lipinski definition) is 1. The first-order chi connectivity index (χ1) is 17.8. The number of hydrogen-bond acceptors (Lipinski definition) is 6. The molecule has 3 amide bonds. The molecule has 0 bridgehead atoms. The highest BCUT2D eigenvalue weighted by atomic mass is 35.5. The first-order valence-corrected chi connectivity index (χ1v) is 12.7. The largest absolute Gasteiger partial charge is 0.492 e. The second-order valence-electron chi connectivity index (χ2n) is 8.36. The summed E-state index contributed by atoms with van der Waals surface area (Å²) in [6.07, 6.45) is 1.63. The summed E-state index contributed by atoms with van der Waals surface area (Å²) in [5, 5.41) is 3.08. The van der Waals surface area contributed by atoms with Crippen LogP contribution in [-0.4, -0.2) is 41.7 Å². The number of carbonyl (C=O) groups is 3. The lowest BCUT2D eigenvalue weighted by molar-refractivity contribution is -0.123. The van der Waals surface area contributed by atoms with Gasteiger partial charge in [0.2, 0.25) is 0 Å². The van der Waals surface area contributed by atoms with Gasteiger partial charge in [0.1, 0.15) is 18.1 Å². The zero-order valence-electron chi connectivity index (χ0n) is 20.3. The Morgan fingerprint density at radius 3 is 2.54 bits per heavy atom. The summed E-state index contributed by atoms with van der Waals surface area (Å²) in [6.45, 7) is 4.05. The van der Waals surface area contributed by atoms with E-state index in [1.54, 1.807) is 54.6 Å². The molecule has 4 rings (SSSR count). The molecule has 0 atom stereocenters. The third kappa shape index (κ3) is 7.15. The van der Waals surface area contributed by atoms with Crippen LogP contribution in [0.3, 0.4) is 0 Å². The molecule has 1 saturated heterocycles. The lowest BCUT2D eigenvalue weighted by Gasteiger charge is -2.13. The van der Waals surface area contributed by atoms with Crippen molar-refractivity contribution < 1.29 is 23.9 Å². The predicted octanol–water partition coefficient (Wildman–Crippen LogP) is 6.09. The number of halogens is 1. The Morgan fingerprint density at radius 2 is 1.78 bits per heavy atom. The Balaban J connectivity index is 1.32. The summed E-state index contributed by atoms with van der Waals surface area (Å²) >= 11 is 6.74. The van der Waals surface area contributed by atoms with Crippen molar-refractivity contribution in [3.05, 3.63) is 93.3 Å². The van der Waals surface area contributed by atoms with Crippen molar-refractivity contribution in [1.82, 2.24) is 4.90 Å². The van der Waals surface area contributed by atoms with Crippen LogP contribution < -0.4 is 14.8 Å². The molecule has 37 heavy (non-hydrogen) atoms. The molecule has 7 nitrogen and oxygen atoms in total. The normalized spacial score (nSPS) is 14.2. The molecule has 190 valence electrons. The molecule has 1 N–H and O–H groups in total. The fourth-order valence-electron chi connectivity index (χ4n) is 3.61. The maximum Gasteiger partial charge on any atom is 0.293 e. The molecule has 0 aromatic heterocycles. The fourth-order valence-corrected chi connectivity index (χ4v) is 4.60. The SMILES string of the molecule is Cc1ccc(NC(=O)COc2cccc(/C=C3\SC(=O)N(CCOc4ccc(Cl)cc4)C3=O)c2)c(C)c1. The summed E-state index contributed by atoms with van der Waals surface area (Å²) in [7, 11) is 0. The molecule has 0 aliphatic carbocycles. The van der Waals surface area contributed by atoms with Crippen molar-refractivity contribution in [2.45, 2.75) is 13.8 Å². The monoisotopic (exact) mass is 536 g/mol. The number of benzene rings is 3. The van der Waals surface area contributed by atoms with Crippen LogP contribution in [0.15, 0.2) is 71.6 Å². The van der Waals surface area contributed by atoms with E-state index in [0.29, 0.717) is 27.0 Å². The van der Waals surface area contributed by atoms with E-state index in [2.05, 4.69) is 5.32 Å². The van der Waals surface area contributed by atoms with E-state index < -0.39 is 0 Å². The summed E-state index contributed by atoms with van der Waals surface area (Å²) < 4.78 is 11.2. The van der Waals surface area contributed by atoms with Crippen molar-refractivity contribution >= 4 is 52.2 Å². The number of nitrogens with one attached hydrogen (secondary N) is 1. The van der Waals surface area contributed by atoms with Gasteiger partial charge < -0.3 is 14.8 Å². The van der Waals surface area contributed by atoms with Gasteiger partial charge in [0, 0.05) is 10.7 Å². The number of rotatable bonds is 9. The highest BCUT2D eigenvalue weighted by molar-refractivity contribution is 8.18. The minimum absolute atomic E-state index is 0.128. The Bertz CT molecular complexity index is 1360. The van der Waals surface area contributed by atoms with E-state index in [1.807, 2.05) is 32.0 Å². The van der Waals surface area contributed by atoms with Crippen LogP contribution in [0.5, 0.6) is 11.5 Å². The molecule has 3 aromatic carbocycles. The summed E-state index contributed by atoms with van der Waals surface area (Å²) in [6, 6.07) is 19.6. The third-order valence-electron chi connectivity index (χ3n) is 5.45. The van der Waals surface area contributed by atoms with Crippen molar-refractivity contribution in [3.63, 3.8) is 0 Å². The average molecular weight is 537 g/mol. The minimum atomic E-state index is -0.381. The van der Waals surface area contributed by atoms with Crippen LogP contribution in [0.25, 0.3) is 6.08 Å². The molecule has 1 aliphatic rings. The molecular formula is C28H25ClN2O5S. The number of amides is 3. The Morgan fingerprint density at radius 1 is 1.00 bits per heavy atom. The molecule has 9 heteroatoms. The summed E-state index contributed by atoms with van der Waals surface area (Å²) in [5.41, 5.74) is 3.51. The van der Waals surface area contributed by atoms with Gasteiger partial charge in [-0.15, -0.1) is 0 Å².